The Balaban J connectivity index is 1.72. The average Bonchev–Trinajstić information content (AvgIpc) is 2.73. The molecule has 0 aromatic carbocycles. The second kappa shape index (κ2) is 7.25. The lowest BCUT2D eigenvalue weighted by atomic mass is 9.89. The molecule has 2 aliphatic rings. The van der Waals surface area contributed by atoms with E-state index in [2.05, 4.69) is 10.6 Å². The number of amides is 1. The van der Waals surface area contributed by atoms with E-state index in [0.29, 0.717) is 36.8 Å². The van der Waals surface area contributed by atoms with Crippen molar-refractivity contribution in [2.45, 2.75) is 64.5 Å². The predicted octanol–water partition coefficient (Wildman–Crippen LogP) is 1.77. The number of fused-ring (bicyclic) bond motifs is 2. The van der Waals surface area contributed by atoms with Gasteiger partial charge >= 0.3 is 5.97 Å². The summed E-state index contributed by atoms with van der Waals surface area (Å²) in [5, 5.41) is 15.6. The van der Waals surface area contributed by atoms with Crippen molar-refractivity contribution in [2.24, 2.45) is 17.8 Å². The molecule has 2 saturated heterocycles. The highest BCUT2D eigenvalue weighted by Gasteiger charge is 2.34. The van der Waals surface area contributed by atoms with E-state index in [1.807, 2.05) is 13.8 Å². The van der Waals surface area contributed by atoms with Gasteiger partial charge in [-0.05, 0) is 43.9 Å². The maximum absolute atomic E-state index is 12.0. The average molecular weight is 296 g/mol. The summed E-state index contributed by atoms with van der Waals surface area (Å²) in [5.74, 6) is -0.501. The van der Waals surface area contributed by atoms with E-state index in [0.717, 1.165) is 12.8 Å². The fourth-order valence-electron chi connectivity index (χ4n) is 3.75. The van der Waals surface area contributed by atoms with Crippen molar-refractivity contribution in [3.05, 3.63) is 0 Å². The molecule has 0 aliphatic carbocycles. The van der Waals surface area contributed by atoms with E-state index in [-0.39, 0.29) is 12.5 Å². The third-order valence-corrected chi connectivity index (χ3v) is 4.70. The minimum Gasteiger partial charge on any atom is -0.481 e. The van der Waals surface area contributed by atoms with Crippen molar-refractivity contribution in [2.75, 3.05) is 6.54 Å². The molecule has 5 heteroatoms. The lowest BCUT2D eigenvalue weighted by molar-refractivity contribution is -0.142. The molecule has 2 fully saturated rings. The number of carbonyl (C=O) groups excluding carboxylic acids is 1. The van der Waals surface area contributed by atoms with Gasteiger partial charge in [0.15, 0.2) is 0 Å². The summed E-state index contributed by atoms with van der Waals surface area (Å²) in [6, 6.07) is 1.18. The Morgan fingerprint density at radius 3 is 2.38 bits per heavy atom. The van der Waals surface area contributed by atoms with Gasteiger partial charge in [0.25, 0.3) is 0 Å². The fraction of sp³-hybridized carbons (Fsp3) is 0.875. The molecular formula is C16H28N2O3. The highest BCUT2D eigenvalue weighted by molar-refractivity contribution is 5.77. The van der Waals surface area contributed by atoms with E-state index >= 15 is 0 Å². The van der Waals surface area contributed by atoms with E-state index in [4.69, 9.17) is 0 Å². The van der Waals surface area contributed by atoms with Crippen LogP contribution >= 0.6 is 0 Å². The summed E-state index contributed by atoms with van der Waals surface area (Å²) in [5.41, 5.74) is 0. The van der Waals surface area contributed by atoms with Crippen LogP contribution in [0.3, 0.4) is 0 Å². The third kappa shape index (κ3) is 4.99. The van der Waals surface area contributed by atoms with Gasteiger partial charge in [-0.3, -0.25) is 9.59 Å². The molecule has 1 amide bonds. The Morgan fingerprint density at radius 2 is 1.86 bits per heavy atom. The largest absolute Gasteiger partial charge is 0.481 e. The number of carboxylic acids is 1. The van der Waals surface area contributed by atoms with E-state index in [1.54, 1.807) is 0 Å². The standard InChI is InChI=1S/C16H28N2O3/c1-10(2)5-12(16(20)21)9-17-15(19)8-11-6-13-3-4-14(7-11)18-13/h10-14,18H,3-9H2,1-2H3,(H,17,19)(H,20,21). The molecule has 0 spiro atoms. The molecule has 0 aromatic rings. The molecule has 2 heterocycles. The zero-order valence-corrected chi connectivity index (χ0v) is 13.1. The molecule has 3 atom stereocenters. The molecule has 2 rings (SSSR count). The highest BCUT2D eigenvalue weighted by Crippen LogP contribution is 2.32. The summed E-state index contributed by atoms with van der Waals surface area (Å²) in [7, 11) is 0. The van der Waals surface area contributed by atoms with Crippen molar-refractivity contribution in [1.82, 2.24) is 10.6 Å². The Kier molecular flexibility index (Phi) is 5.62. The highest BCUT2D eigenvalue weighted by atomic mass is 16.4. The van der Waals surface area contributed by atoms with Crippen LogP contribution in [0.5, 0.6) is 0 Å². The smallest absolute Gasteiger partial charge is 0.308 e. The minimum absolute atomic E-state index is 0.0105. The summed E-state index contributed by atoms with van der Waals surface area (Å²) < 4.78 is 0. The van der Waals surface area contributed by atoms with Gasteiger partial charge in [0.2, 0.25) is 5.91 Å². The molecule has 0 radical (unpaired) electrons. The van der Waals surface area contributed by atoms with Crippen LogP contribution in [0.1, 0.15) is 52.4 Å². The normalized spacial score (nSPS) is 29.4. The van der Waals surface area contributed by atoms with Crippen LogP contribution in [-0.4, -0.2) is 35.6 Å². The lowest BCUT2D eigenvalue weighted by Gasteiger charge is -2.28. The predicted molar refractivity (Wildman–Crippen MR) is 80.9 cm³/mol. The third-order valence-electron chi connectivity index (χ3n) is 4.70. The van der Waals surface area contributed by atoms with Gasteiger partial charge in [0, 0.05) is 25.0 Å². The van der Waals surface area contributed by atoms with Crippen LogP contribution in [-0.2, 0) is 9.59 Å². The zero-order valence-electron chi connectivity index (χ0n) is 13.1. The van der Waals surface area contributed by atoms with Crippen molar-refractivity contribution in [1.29, 1.82) is 0 Å². The van der Waals surface area contributed by atoms with Gasteiger partial charge in [-0.2, -0.15) is 0 Å². The molecule has 0 saturated carbocycles. The van der Waals surface area contributed by atoms with Gasteiger partial charge in [-0.1, -0.05) is 13.8 Å². The van der Waals surface area contributed by atoms with Crippen molar-refractivity contribution in [3.8, 4) is 0 Å². The van der Waals surface area contributed by atoms with Crippen molar-refractivity contribution >= 4 is 11.9 Å². The first-order valence-electron chi connectivity index (χ1n) is 8.19. The van der Waals surface area contributed by atoms with Gasteiger partial charge < -0.3 is 15.7 Å². The Hall–Kier alpha value is -1.10. The minimum atomic E-state index is -0.816. The maximum Gasteiger partial charge on any atom is 0.308 e. The number of hydrogen-bond acceptors (Lipinski definition) is 3. The lowest BCUT2D eigenvalue weighted by Crippen LogP contribution is -2.40. The second-order valence-electron chi connectivity index (χ2n) is 7.15. The van der Waals surface area contributed by atoms with Gasteiger partial charge in [0.1, 0.15) is 0 Å². The van der Waals surface area contributed by atoms with Crippen LogP contribution in [0.15, 0.2) is 0 Å². The molecule has 0 aromatic heterocycles. The van der Waals surface area contributed by atoms with Crippen molar-refractivity contribution < 1.29 is 14.7 Å². The quantitative estimate of drug-likeness (QED) is 0.669. The number of carboxylic acid groups (broad SMARTS) is 1. The summed E-state index contributed by atoms with van der Waals surface area (Å²) in [4.78, 5) is 23.2. The first-order valence-corrected chi connectivity index (χ1v) is 8.19. The van der Waals surface area contributed by atoms with E-state index in [9.17, 15) is 14.7 Å². The van der Waals surface area contributed by atoms with Crippen LogP contribution in [0, 0.1) is 17.8 Å². The molecule has 2 bridgehead atoms. The zero-order chi connectivity index (χ0) is 15.4. The first-order chi connectivity index (χ1) is 9.94. The molecule has 2 aliphatic heterocycles. The number of nitrogens with one attached hydrogen (secondary N) is 2. The second-order valence-corrected chi connectivity index (χ2v) is 7.15. The van der Waals surface area contributed by atoms with Gasteiger partial charge in [0.05, 0.1) is 5.92 Å². The van der Waals surface area contributed by atoms with Gasteiger partial charge in [-0.25, -0.2) is 0 Å². The molecular weight excluding hydrogens is 268 g/mol. The Morgan fingerprint density at radius 1 is 1.24 bits per heavy atom. The summed E-state index contributed by atoms with van der Waals surface area (Å²) in [6.45, 7) is 4.26. The van der Waals surface area contributed by atoms with E-state index in [1.165, 1.54) is 12.8 Å². The monoisotopic (exact) mass is 296 g/mol. The van der Waals surface area contributed by atoms with Crippen LogP contribution in [0.4, 0.5) is 0 Å². The molecule has 120 valence electrons. The van der Waals surface area contributed by atoms with Crippen molar-refractivity contribution in [3.63, 3.8) is 0 Å². The molecule has 5 nitrogen and oxygen atoms in total. The first kappa shape index (κ1) is 16.3. The van der Waals surface area contributed by atoms with Gasteiger partial charge in [-0.15, -0.1) is 0 Å². The topological polar surface area (TPSA) is 78.4 Å². The van der Waals surface area contributed by atoms with Crippen LogP contribution in [0.2, 0.25) is 0 Å². The number of aliphatic carboxylic acids is 1. The fourth-order valence-corrected chi connectivity index (χ4v) is 3.75. The number of piperidine rings is 1. The summed E-state index contributed by atoms with van der Waals surface area (Å²) >= 11 is 0. The molecule has 21 heavy (non-hydrogen) atoms. The number of hydrogen-bond donors (Lipinski definition) is 3. The van der Waals surface area contributed by atoms with E-state index < -0.39 is 11.9 Å². The Labute approximate surface area is 126 Å². The molecule has 3 unspecified atom stereocenters. The number of rotatable bonds is 7. The Bertz CT molecular complexity index is 372. The SMILES string of the molecule is CC(C)CC(CNC(=O)CC1CC2CCC(C1)N2)C(=O)O. The molecule has 3 N–H and O–H groups in total. The number of carbonyl (C=O) groups is 2. The maximum atomic E-state index is 12.0. The summed E-state index contributed by atoms with van der Waals surface area (Å²) in [6.07, 6.45) is 5.78. The van der Waals surface area contributed by atoms with Crippen LogP contribution < -0.4 is 10.6 Å². The van der Waals surface area contributed by atoms with Crippen LogP contribution in [0.25, 0.3) is 0 Å².